The predicted octanol–water partition coefficient (Wildman–Crippen LogP) is 2.46. The first-order valence-corrected chi connectivity index (χ1v) is 5.69. The molecule has 0 saturated carbocycles. The highest BCUT2D eigenvalue weighted by molar-refractivity contribution is 5.94. The van der Waals surface area contributed by atoms with Gasteiger partial charge in [0.05, 0.1) is 19.4 Å². The van der Waals surface area contributed by atoms with E-state index in [1.807, 2.05) is 12.1 Å². The molecule has 2 rings (SSSR count). The van der Waals surface area contributed by atoms with Gasteiger partial charge in [0.25, 0.3) is 0 Å². The fourth-order valence-corrected chi connectivity index (χ4v) is 1.50. The van der Waals surface area contributed by atoms with Crippen molar-refractivity contribution in [2.75, 3.05) is 11.9 Å². The van der Waals surface area contributed by atoms with Gasteiger partial charge in [0, 0.05) is 6.20 Å². The number of carbonyl (C=O) groups is 1. The van der Waals surface area contributed by atoms with E-state index >= 15 is 0 Å². The maximum absolute atomic E-state index is 11.7. The van der Waals surface area contributed by atoms with Gasteiger partial charge >= 0.3 is 5.97 Å². The zero-order valence-electron chi connectivity index (χ0n) is 10.1. The van der Waals surface area contributed by atoms with Gasteiger partial charge in [-0.05, 0) is 31.2 Å². The summed E-state index contributed by atoms with van der Waals surface area (Å²) >= 11 is 0. The molecule has 5 heteroatoms. The molecule has 0 aromatic carbocycles. The van der Waals surface area contributed by atoms with Crippen LogP contribution in [-0.2, 0) is 11.3 Å². The summed E-state index contributed by atoms with van der Waals surface area (Å²) in [5, 5.41) is 3.05. The minimum Gasteiger partial charge on any atom is -0.467 e. The topological polar surface area (TPSA) is 64.4 Å². The number of aromatic nitrogens is 1. The molecule has 0 radical (unpaired) electrons. The largest absolute Gasteiger partial charge is 0.467 e. The molecule has 2 heterocycles. The second-order valence-electron chi connectivity index (χ2n) is 3.55. The van der Waals surface area contributed by atoms with Crippen molar-refractivity contribution in [1.29, 1.82) is 0 Å². The fourth-order valence-electron chi connectivity index (χ4n) is 1.50. The summed E-state index contributed by atoms with van der Waals surface area (Å²) in [6.07, 6.45) is 3.22. The Kier molecular flexibility index (Phi) is 3.96. The normalized spacial score (nSPS) is 10.1. The summed E-state index contributed by atoms with van der Waals surface area (Å²) in [5.41, 5.74) is 0.422. The molecule has 2 aromatic rings. The number of hydrogen-bond acceptors (Lipinski definition) is 5. The maximum atomic E-state index is 11.7. The highest BCUT2D eigenvalue weighted by Crippen LogP contribution is 2.14. The van der Waals surface area contributed by atoms with E-state index in [1.54, 1.807) is 31.5 Å². The van der Waals surface area contributed by atoms with Crippen LogP contribution in [0.5, 0.6) is 0 Å². The maximum Gasteiger partial charge on any atom is 0.341 e. The molecule has 0 aliphatic rings. The second kappa shape index (κ2) is 5.86. The van der Waals surface area contributed by atoms with Crippen LogP contribution < -0.4 is 5.32 Å². The van der Waals surface area contributed by atoms with Crippen molar-refractivity contribution in [3.8, 4) is 0 Å². The molecule has 2 aromatic heterocycles. The summed E-state index contributed by atoms with van der Waals surface area (Å²) in [6, 6.07) is 7.03. The van der Waals surface area contributed by atoms with E-state index in [1.165, 1.54) is 0 Å². The summed E-state index contributed by atoms with van der Waals surface area (Å²) in [4.78, 5) is 15.8. The third-order valence-corrected chi connectivity index (χ3v) is 2.31. The van der Waals surface area contributed by atoms with Gasteiger partial charge in [-0.2, -0.15) is 0 Å². The van der Waals surface area contributed by atoms with Crippen molar-refractivity contribution >= 4 is 11.8 Å². The fraction of sp³-hybridized carbons (Fsp3) is 0.231. The number of nitrogens with zero attached hydrogens (tertiary/aromatic N) is 1. The summed E-state index contributed by atoms with van der Waals surface area (Å²) in [5.74, 6) is 0.885. The lowest BCUT2D eigenvalue weighted by Gasteiger charge is -2.08. The van der Waals surface area contributed by atoms with Gasteiger partial charge in [-0.15, -0.1) is 0 Å². The average molecular weight is 246 g/mol. The molecule has 0 saturated heterocycles. The third kappa shape index (κ3) is 2.88. The van der Waals surface area contributed by atoms with E-state index < -0.39 is 0 Å². The molecule has 0 aliphatic carbocycles. The average Bonchev–Trinajstić information content (AvgIpc) is 2.90. The number of furan rings is 1. The van der Waals surface area contributed by atoms with Gasteiger partial charge in [-0.1, -0.05) is 0 Å². The zero-order valence-corrected chi connectivity index (χ0v) is 10.1. The predicted molar refractivity (Wildman–Crippen MR) is 66.2 cm³/mol. The van der Waals surface area contributed by atoms with Crippen LogP contribution in [0.15, 0.2) is 41.1 Å². The molecule has 0 fully saturated rings. The van der Waals surface area contributed by atoms with Crippen molar-refractivity contribution in [3.63, 3.8) is 0 Å². The van der Waals surface area contributed by atoms with Crippen molar-refractivity contribution in [3.05, 3.63) is 48.0 Å². The molecule has 0 unspecified atom stereocenters. The van der Waals surface area contributed by atoms with Crippen molar-refractivity contribution in [2.24, 2.45) is 0 Å². The minimum absolute atomic E-state index is 0.339. The SMILES string of the molecule is CCOC(=O)c1cccnc1NCc1ccco1. The molecule has 0 bridgehead atoms. The Labute approximate surface area is 105 Å². The van der Waals surface area contributed by atoms with Gasteiger partial charge in [0.15, 0.2) is 0 Å². The molecular weight excluding hydrogens is 232 g/mol. The quantitative estimate of drug-likeness (QED) is 0.821. The second-order valence-corrected chi connectivity index (χ2v) is 3.55. The molecule has 94 valence electrons. The molecule has 0 aliphatic heterocycles. The Hall–Kier alpha value is -2.30. The number of rotatable bonds is 5. The number of anilines is 1. The number of esters is 1. The van der Waals surface area contributed by atoms with Crippen molar-refractivity contribution in [1.82, 2.24) is 4.98 Å². The number of hydrogen-bond donors (Lipinski definition) is 1. The number of carbonyl (C=O) groups excluding carboxylic acids is 1. The standard InChI is InChI=1S/C13H14N2O3/c1-2-17-13(16)11-6-3-7-14-12(11)15-9-10-5-4-8-18-10/h3-8H,2,9H2,1H3,(H,14,15). The van der Waals surface area contributed by atoms with Gasteiger partial charge in [-0.25, -0.2) is 9.78 Å². The smallest absolute Gasteiger partial charge is 0.341 e. The number of ether oxygens (including phenoxy) is 1. The van der Waals surface area contributed by atoms with Crippen LogP contribution in [0.4, 0.5) is 5.82 Å². The molecule has 0 spiro atoms. The minimum atomic E-state index is -0.382. The highest BCUT2D eigenvalue weighted by Gasteiger charge is 2.12. The Bertz CT molecular complexity index is 509. The lowest BCUT2D eigenvalue weighted by Crippen LogP contribution is -2.10. The first kappa shape index (κ1) is 12.2. The van der Waals surface area contributed by atoms with Gasteiger partial charge in [-0.3, -0.25) is 0 Å². The van der Waals surface area contributed by atoms with Crippen LogP contribution >= 0.6 is 0 Å². The van der Waals surface area contributed by atoms with Gasteiger partial charge < -0.3 is 14.5 Å². The number of pyridine rings is 1. The molecule has 5 nitrogen and oxygen atoms in total. The van der Waals surface area contributed by atoms with Crippen LogP contribution in [0.3, 0.4) is 0 Å². The first-order chi connectivity index (χ1) is 8.81. The Balaban J connectivity index is 2.09. The van der Waals surface area contributed by atoms with Gasteiger partial charge in [0.1, 0.15) is 17.1 Å². The van der Waals surface area contributed by atoms with Crippen LogP contribution in [0.1, 0.15) is 23.0 Å². The molecule has 0 atom stereocenters. The zero-order chi connectivity index (χ0) is 12.8. The lowest BCUT2D eigenvalue weighted by molar-refractivity contribution is 0.0527. The molecule has 0 amide bonds. The van der Waals surface area contributed by atoms with E-state index in [0.29, 0.717) is 24.5 Å². The van der Waals surface area contributed by atoms with Crippen LogP contribution in [0.25, 0.3) is 0 Å². The van der Waals surface area contributed by atoms with Crippen molar-refractivity contribution in [2.45, 2.75) is 13.5 Å². The van der Waals surface area contributed by atoms with E-state index in [-0.39, 0.29) is 5.97 Å². The summed E-state index contributed by atoms with van der Waals surface area (Å²) < 4.78 is 10.2. The molecule has 1 N–H and O–H groups in total. The third-order valence-electron chi connectivity index (χ3n) is 2.31. The van der Waals surface area contributed by atoms with Gasteiger partial charge in [0.2, 0.25) is 0 Å². The Morgan fingerprint density at radius 3 is 3.06 bits per heavy atom. The Morgan fingerprint density at radius 2 is 2.33 bits per heavy atom. The molecular formula is C13H14N2O3. The van der Waals surface area contributed by atoms with Crippen LogP contribution in [0, 0.1) is 0 Å². The first-order valence-electron chi connectivity index (χ1n) is 5.69. The van der Waals surface area contributed by atoms with Crippen LogP contribution in [-0.4, -0.2) is 17.6 Å². The number of nitrogens with one attached hydrogen (secondary N) is 1. The van der Waals surface area contributed by atoms with E-state index in [4.69, 9.17) is 9.15 Å². The van der Waals surface area contributed by atoms with E-state index in [2.05, 4.69) is 10.3 Å². The lowest BCUT2D eigenvalue weighted by atomic mass is 10.2. The van der Waals surface area contributed by atoms with Crippen molar-refractivity contribution < 1.29 is 13.9 Å². The summed E-state index contributed by atoms with van der Waals surface area (Å²) in [6.45, 7) is 2.58. The monoisotopic (exact) mass is 246 g/mol. The van der Waals surface area contributed by atoms with Crippen LogP contribution in [0.2, 0.25) is 0 Å². The van der Waals surface area contributed by atoms with E-state index in [0.717, 1.165) is 5.76 Å². The Morgan fingerprint density at radius 1 is 1.44 bits per heavy atom. The molecule has 18 heavy (non-hydrogen) atoms. The summed E-state index contributed by atoms with van der Waals surface area (Å²) in [7, 11) is 0. The highest BCUT2D eigenvalue weighted by atomic mass is 16.5. The van der Waals surface area contributed by atoms with E-state index in [9.17, 15) is 4.79 Å².